The lowest BCUT2D eigenvalue weighted by Crippen LogP contribution is -2.40. The van der Waals surface area contributed by atoms with Gasteiger partial charge in [0.15, 0.2) is 0 Å². The van der Waals surface area contributed by atoms with Gasteiger partial charge in [0.2, 0.25) is 5.91 Å². The van der Waals surface area contributed by atoms with E-state index >= 15 is 0 Å². The van der Waals surface area contributed by atoms with Gasteiger partial charge in [-0.15, -0.1) is 0 Å². The maximum atomic E-state index is 13.4. The number of aromatic nitrogens is 2. The van der Waals surface area contributed by atoms with Crippen LogP contribution in [-0.4, -0.2) is 21.8 Å². The van der Waals surface area contributed by atoms with Gasteiger partial charge in [-0.1, -0.05) is 19.1 Å². The predicted octanol–water partition coefficient (Wildman–Crippen LogP) is 6.64. The normalized spacial score (nSPS) is 27.5. The van der Waals surface area contributed by atoms with E-state index in [9.17, 15) is 9.59 Å². The molecule has 2 aromatic carbocycles. The summed E-state index contributed by atoms with van der Waals surface area (Å²) >= 11 is 0. The topological polar surface area (TPSA) is 86.9 Å². The number of carbonyl (C=O) groups excluding carboxylic acids is 2. The van der Waals surface area contributed by atoms with Gasteiger partial charge in [-0.05, 0) is 103 Å². The van der Waals surface area contributed by atoms with E-state index in [1.54, 1.807) is 24.5 Å². The molecule has 2 bridgehead atoms. The Hall–Kier alpha value is -3.93. The molecule has 186 valence electrons. The van der Waals surface area contributed by atoms with Crippen molar-refractivity contribution in [1.29, 1.82) is 0 Å². The monoisotopic (exact) mass is 490 g/mol. The van der Waals surface area contributed by atoms with Crippen LogP contribution in [0, 0.1) is 22.7 Å². The van der Waals surface area contributed by atoms with Gasteiger partial charge >= 0.3 is 0 Å². The number of nitrogens with zero attached hydrogens (tertiary/aromatic N) is 1. The molecule has 3 fully saturated rings. The van der Waals surface area contributed by atoms with E-state index in [-0.39, 0.29) is 17.2 Å². The highest BCUT2D eigenvalue weighted by atomic mass is 16.2. The van der Waals surface area contributed by atoms with Crippen LogP contribution in [0.15, 0.2) is 73.1 Å². The number of hydrogen-bond donors (Lipinski definition) is 3. The SMILES string of the molecule is CC1CC2(C(=O)Nc3ccc(-c4cc5cc(NC(=O)c6cccnc6)ccc5[nH]4)cc3)CC3CC3(C1)C2. The van der Waals surface area contributed by atoms with Gasteiger partial charge in [0.1, 0.15) is 0 Å². The first-order valence-corrected chi connectivity index (χ1v) is 13.2. The Morgan fingerprint density at radius 1 is 0.946 bits per heavy atom. The minimum absolute atomic E-state index is 0.166. The smallest absolute Gasteiger partial charge is 0.257 e. The van der Waals surface area contributed by atoms with Crippen molar-refractivity contribution in [2.24, 2.45) is 22.7 Å². The Morgan fingerprint density at radius 3 is 2.59 bits per heavy atom. The summed E-state index contributed by atoms with van der Waals surface area (Å²) in [5.41, 5.74) is 5.44. The van der Waals surface area contributed by atoms with Crippen LogP contribution in [0.25, 0.3) is 22.2 Å². The van der Waals surface area contributed by atoms with E-state index in [2.05, 4.69) is 33.6 Å². The summed E-state index contributed by atoms with van der Waals surface area (Å²) in [6.45, 7) is 2.32. The fraction of sp³-hybridized carbons (Fsp3) is 0.323. The molecule has 1 spiro atoms. The molecular formula is C31H30N4O2. The Bertz CT molecular complexity index is 1520. The van der Waals surface area contributed by atoms with Gasteiger partial charge in [0.05, 0.1) is 11.0 Å². The van der Waals surface area contributed by atoms with Crippen molar-refractivity contribution in [3.05, 3.63) is 78.6 Å². The largest absolute Gasteiger partial charge is 0.355 e. The molecule has 3 N–H and O–H groups in total. The van der Waals surface area contributed by atoms with Crippen molar-refractivity contribution in [3.63, 3.8) is 0 Å². The summed E-state index contributed by atoms with van der Waals surface area (Å²) in [5.74, 6) is 1.44. The molecule has 4 aromatic rings. The molecule has 0 saturated heterocycles. The molecule has 7 rings (SSSR count). The van der Waals surface area contributed by atoms with Crippen LogP contribution in [0.1, 0.15) is 49.4 Å². The van der Waals surface area contributed by atoms with Crippen molar-refractivity contribution < 1.29 is 9.59 Å². The summed E-state index contributed by atoms with van der Waals surface area (Å²) in [4.78, 5) is 33.3. The third kappa shape index (κ3) is 3.82. The van der Waals surface area contributed by atoms with E-state index < -0.39 is 0 Å². The zero-order chi connectivity index (χ0) is 25.2. The number of hydrogen-bond acceptors (Lipinski definition) is 3. The Balaban J connectivity index is 1.06. The number of H-pyrrole nitrogens is 1. The molecular weight excluding hydrogens is 460 g/mol. The lowest BCUT2D eigenvalue weighted by molar-refractivity contribution is -0.128. The van der Waals surface area contributed by atoms with Gasteiger partial charge in [0.25, 0.3) is 5.91 Å². The molecule has 6 heteroatoms. The van der Waals surface area contributed by atoms with Gasteiger partial charge in [-0.2, -0.15) is 0 Å². The van der Waals surface area contributed by atoms with E-state index in [0.717, 1.165) is 58.7 Å². The van der Waals surface area contributed by atoms with E-state index in [4.69, 9.17) is 0 Å². The second kappa shape index (κ2) is 8.04. The van der Waals surface area contributed by atoms with Crippen molar-refractivity contribution >= 4 is 34.1 Å². The van der Waals surface area contributed by atoms with Crippen LogP contribution in [0.2, 0.25) is 0 Å². The third-order valence-corrected chi connectivity index (χ3v) is 8.92. The molecule has 2 heterocycles. The summed E-state index contributed by atoms with van der Waals surface area (Å²) in [7, 11) is 0. The minimum Gasteiger partial charge on any atom is -0.355 e. The van der Waals surface area contributed by atoms with Crippen LogP contribution >= 0.6 is 0 Å². The number of carbonyl (C=O) groups is 2. The Labute approximate surface area is 215 Å². The van der Waals surface area contributed by atoms with Crippen LogP contribution in [0.5, 0.6) is 0 Å². The highest BCUT2D eigenvalue weighted by Gasteiger charge is 2.69. The van der Waals surface area contributed by atoms with Crippen LogP contribution in [0.4, 0.5) is 11.4 Å². The molecule has 0 radical (unpaired) electrons. The zero-order valence-electron chi connectivity index (χ0n) is 20.9. The third-order valence-electron chi connectivity index (χ3n) is 8.92. The molecule has 3 aliphatic rings. The number of pyridine rings is 1. The van der Waals surface area contributed by atoms with Crippen molar-refractivity contribution in [2.45, 2.75) is 39.0 Å². The first-order valence-electron chi connectivity index (χ1n) is 13.2. The molecule has 6 nitrogen and oxygen atoms in total. The minimum atomic E-state index is -0.187. The highest BCUT2D eigenvalue weighted by Crippen LogP contribution is 2.76. The van der Waals surface area contributed by atoms with Gasteiger partial charge < -0.3 is 15.6 Å². The zero-order valence-corrected chi connectivity index (χ0v) is 20.9. The standard InChI is InChI=1S/C31H30N4O2/c1-19-13-30-15-23(30)16-31(14-19,18-30)29(37)34-24-6-4-20(5-7-24)27-12-22-11-25(8-9-26(22)35-27)33-28(36)21-3-2-10-32-17-21/h2-12,17,19,23,35H,13-16,18H2,1H3,(H,33,36)(H,34,37). The van der Waals surface area contributed by atoms with Crippen LogP contribution in [-0.2, 0) is 4.79 Å². The molecule has 37 heavy (non-hydrogen) atoms. The number of fused-ring (bicyclic) bond motifs is 2. The molecule has 2 amide bonds. The summed E-state index contributed by atoms with van der Waals surface area (Å²) < 4.78 is 0. The average molecular weight is 491 g/mol. The molecule has 3 saturated carbocycles. The van der Waals surface area contributed by atoms with Crippen molar-refractivity contribution in [1.82, 2.24) is 9.97 Å². The summed E-state index contributed by atoms with van der Waals surface area (Å²) in [6, 6.07) is 19.4. The van der Waals surface area contributed by atoms with Gasteiger partial charge in [0, 0.05) is 40.4 Å². The van der Waals surface area contributed by atoms with Gasteiger partial charge in [-0.3, -0.25) is 14.6 Å². The van der Waals surface area contributed by atoms with E-state index in [1.165, 1.54) is 12.8 Å². The summed E-state index contributed by atoms with van der Waals surface area (Å²) in [6.07, 6.45) is 9.02. The second-order valence-electron chi connectivity index (χ2n) is 11.7. The van der Waals surface area contributed by atoms with E-state index in [0.29, 0.717) is 16.9 Å². The van der Waals surface area contributed by atoms with Crippen molar-refractivity contribution in [2.75, 3.05) is 10.6 Å². The molecule has 4 atom stereocenters. The second-order valence-corrected chi connectivity index (χ2v) is 11.7. The van der Waals surface area contributed by atoms with Crippen LogP contribution < -0.4 is 10.6 Å². The molecule has 0 aliphatic heterocycles. The number of rotatable bonds is 5. The highest BCUT2D eigenvalue weighted by molar-refractivity contribution is 6.05. The number of benzene rings is 2. The molecule has 4 unspecified atom stereocenters. The molecule has 2 aromatic heterocycles. The first-order chi connectivity index (χ1) is 17.9. The Morgan fingerprint density at radius 2 is 1.78 bits per heavy atom. The fourth-order valence-electron chi connectivity index (χ4n) is 7.39. The van der Waals surface area contributed by atoms with Crippen LogP contribution in [0.3, 0.4) is 0 Å². The number of aromatic amines is 1. The maximum absolute atomic E-state index is 13.4. The molecule has 3 aliphatic carbocycles. The maximum Gasteiger partial charge on any atom is 0.257 e. The quantitative estimate of drug-likeness (QED) is 0.293. The number of nitrogens with one attached hydrogen (secondary N) is 3. The fourth-order valence-corrected chi connectivity index (χ4v) is 7.39. The Kier molecular flexibility index (Phi) is 4.84. The van der Waals surface area contributed by atoms with Gasteiger partial charge in [-0.25, -0.2) is 0 Å². The average Bonchev–Trinajstić information content (AvgIpc) is 3.23. The van der Waals surface area contributed by atoms with Crippen molar-refractivity contribution in [3.8, 4) is 11.3 Å². The number of anilines is 2. The summed E-state index contributed by atoms with van der Waals surface area (Å²) in [5, 5.41) is 7.19. The lowest BCUT2D eigenvalue weighted by atomic mass is 9.67. The predicted molar refractivity (Wildman–Crippen MR) is 145 cm³/mol. The first kappa shape index (κ1) is 22.3. The lowest BCUT2D eigenvalue weighted by Gasteiger charge is -2.38. The van der Waals surface area contributed by atoms with E-state index in [1.807, 2.05) is 42.5 Å². The number of amides is 2.